The fourth-order valence-corrected chi connectivity index (χ4v) is 3.83. The summed E-state index contributed by atoms with van der Waals surface area (Å²) in [7, 11) is 4.47. The number of benzene rings is 1. The number of aliphatic hydroxyl groups excluding tert-OH is 1. The van der Waals surface area contributed by atoms with Crippen LogP contribution in [0.5, 0.6) is 23.0 Å². The van der Waals surface area contributed by atoms with E-state index in [2.05, 4.69) is 5.32 Å². The zero-order chi connectivity index (χ0) is 21.6. The molecule has 6 nitrogen and oxygen atoms in total. The smallest absolute Gasteiger partial charge is 0.201 e. The number of hydrogen-bond donors (Lipinski definition) is 3. The van der Waals surface area contributed by atoms with Crippen molar-refractivity contribution in [2.45, 2.75) is 89.8 Å². The Morgan fingerprint density at radius 1 is 0.767 bits per heavy atom. The van der Waals surface area contributed by atoms with Crippen molar-refractivity contribution >= 4 is 0 Å². The summed E-state index contributed by atoms with van der Waals surface area (Å²) in [6, 6.07) is 4.64. The maximum absolute atomic E-state index is 9.50. The number of methoxy groups -OCH3 is 3. The normalized spacial score (nSPS) is 21.0. The molecule has 1 radical (unpaired) electrons. The molecule has 1 aromatic rings. The monoisotopic (exact) mass is 500 g/mol. The van der Waals surface area contributed by atoms with Gasteiger partial charge in [0.2, 0.25) is 5.75 Å². The zero-order valence-electron chi connectivity index (χ0n) is 19.4. The average molecular weight is 500 g/mol. The van der Waals surface area contributed by atoms with Crippen molar-refractivity contribution in [2.24, 2.45) is 0 Å². The molecular weight excluding hydrogens is 459 g/mol. The molecule has 30 heavy (non-hydrogen) atoms. The van der Waals surface area contributed by atoms with Crippen LogP contribution in [0.15, 0.2) is 12.1 Å². The second kappa shape index (κ2) is 17.1. The van der Waals surface area contributed by atoms with Gasteiger partial charge in [-0.15, -0.1) is 0 Å². The number of aliphatic hydroxyl groups is 1. The first kappa shape index (κ1) is 29.4. The molecule has 0 saturated heterocycles. The van der Waals surface area contributed by atoms with Gasteiger partial charge in [-0.25, -0.2) is 0 Å². The summed E-state index contributed by atoms with van der Waals surface area (Å²) in [4.78, 5) is 0. The van der Waals surface area contributed by atoms with Crippen molar-refractivity contribution in [2.75, 3.05) is 21.3 Å². The SMILES string of the molecule is CC.COc1cc(OC)c(O)c(OC)c1.OC1CCC(NC2CCCCC2)CC1.[Y]. The summed E-state index contributed by atoms with van der Waals surface area (Å²) in [5.74, 6) is 1.21. The third-order valence-corrected chi connectivity index (χ3v) is 5.46. The van der Waals surface area contributed by atoms with Crippen LogP contribution in [-0.2, 0) is 32.7 Å². The molecule has 3 rings (SSSR count). The molecule has 2 saturated carbocycles. The van der Waals surface area contributed by atoms with Crippen LogP contribution in [0.25, 0.3) is 0 Å². The summed E-state index contributed by atoms with van der Waals surface area (Å²) in [6.07, 6.45) is 11.4. The molecule has 3 N–H and O–H groups in total. The molecule has 0 unspecified atom stereocenters. The second-order valence-corrected chi connectivity index (χ2v) is 7.39. The van der Waals surface area contributed by atoms with Crippen molar-refractivity contribution < 1.29 is 57.1 Å². The van der Waals surface area contributed by atoms with Gasteiger partial charge < -0.3 is 29.7 Å². The Hall–Kier alpha value is -0.556. The number of nitrogens with one attached hydrogen (secondary N) is 1. The number of phenolic OH excluding ortho intramolecular Hbond substituents is 1. The zero-order valence-corrected chi connectivity index (χ0v) is 22.3. The third-order valence-electron chi connectivity index (χ3n) is 5.46. The molecule has 2 aliphatic carbocycles. The predicted molar refractivity (Wildman–Crippen MR) is 117 cm³/mol. The van der Waals surface area contributed by atoms with E-state index in [0.717, 1.165) is 18.9 Å². The van der Waals surface area contributed by atoms with Gasteiger partial charge in [0, 0.05) is 56.9 Å². The fraction of sp³-hybridized carbons (Fsp3) is 0.739. The number of hydrogen-bond acceptors (Lipinski definition) is 6. The standard InChI is InChI=1S/C12H23NO.C9H12O4.C2H6.Y/c14-12-8-6-11(7-9-12)13-10-4-2-1-3-5-10;1-11-6-4-7(12-2)9(10)8(5-6)13-3;1-2;/h10-14H,1-9H2;4-5,10H,1-3H3;1-2H3;. The minimum absolute atomic E-state index is 0. The van der Waals surface area contributed by atoms with Crippen molar-refractivity contribution in [1.29, 1.82) is 0 Å². The van der Waals surface area contributed by atoms with Gasteiger partial charge in [-0.1, -0.05) is 33.1 Å². The molecule has 0 aliphatic heterocycles. The summed E-state index contributed by atoms with van der Waals surface area (Å²) in [5, 5.41) is 22.7. The largest absolute Gasteiger partial charge is 0.502 e. The molecule has 2 aliphatic rings. The van der Waals surface area contributed by atoms with Crippen LogP contribution >= 0.6 is 0 Å². The Bertz CT molecular complexity index is 534. The first-order chi connectivity index (χ1) is 14.1. The van der Waals surface area contributed by atoms with Crippen molar-refractivity contribution in [3.8, 4) is 23.0 Å². The number of rotatable bonds is 5. The molecule has 0 heterocycles. The van der Waals surface area contributed by atoms with Crippen LogP contribution in [0.3, 0.4) is 0 Å². The van der Waals surface area contributed by atoms with E-state index in [9.17, 15) is 10.2 Å². The van der Waals surface area contributed by atoms with Crippen LogP contribution in [-0.4, -0.2) is 49.7 Å². The Balaban J connectivity index is 0.000000504. The molecule has 2 fully saturated rings. The van der Waals surface area contributed by atoms with Gasteiger partial charge in [-0.2, -0.15) is 0 Å². The topological polar surface area (TPSA) is 80.2 Å². The van der Waals surface area contributed by atoms with Gasteiger partial charge in [0.25, 0.3) is 0 Å². The number of phenols is 1. The van der Waals surface area contributed by atoms with E-state index in [-0.39, 0.29) is 44.6 Å². The second-order valence-electron chi connectivity index (χ2n) is 7.39. The van der Waals surface area contributed by atoms with Crippen LogP contribution in [0.2, 0.25) is 0 Å². The Kier molecular flexibility index (Phi) is 16.7. The van der Waals surface area contributed by atoms with Gasteiger partial charge in [-0.3, -0.25) is 0 Å². The van der Waals surface area contributed by atoms with E-state index in [1.807, 2.05) is 13.8 Å². The molecule has 0 aromatic heterocycles. The van der Waals surface area contributed by atoms with Crippen LogP contribution < -0.4 is 19.5 Å². The fourth-order valence-electron chi connectivity index (χ4n) is 3.83. The Labute approximate surface area is 207 Å². The Morgan fingerprint density at radius 3 is 1.67 bits per heavy atom. The molecule has 0 atom stereocenters. The molecule has 171 valence electrons. The van der Waals surface area contributed by atoms with E-state index >= 15 is 0 Å². The molecule has 0 bridgehead atoms. The minimum atomic E-state index is -0.0224. The molecule has 7 heteroatoms. The average Bonchev–Trinajstić information content (AvgIpc) is 2.78. The van der Waals surface area contributed by atoms with Crippen molar-refractivity contribution in [3.63, 3.8) is 0 Å². The predicted octanol–water partition coefficient (Wildman–Crippen LogP) is 4.65. The van der Waals surface area contributed by atoms with Gasteiger partial charge in [0.15, 0.2) is 11.5 Å². The van der Waals surface area contributed by atoms with Gasteiger partial charge in [0.1, 0.15) is 5.75 Å². The first-order valence-corrected chi connectivity index (χ1v) is 11.0. The van der Waals surface area contributed by atoms with E-state index in [0.29, 0.717) is 23.3 Å². The summed E-state index contributed by atoms with van der Waals surface area (Å²) in [6.45, 7) is 4.00. The molecule has 0 spiro atoms. The quantitative estimate of drug-likeness (QED) is 0.546. The first-order valence-electron chi connectivity index (χ1n) is 11.0. The van der Waals surface area contributed by atoms with Crippen molar-refractivity contribution in [1.82, 2.24) is 5.32 Å². The van der Waals surface area contributed by atoms with E-state index in [1.54, 1.807) is 12.1 Å². The van der Waals surface area contributed by atoms with Crippen LogP contribution in [0, 0.1) is 0 Å². The molecule has 0 amide bonds. The minimum Gasteiger partial charge on any atom is -0.502 e. The maximum Gasteiger partial charge on any atom is 0.201 e. The molecular formula is C23H41NO5Y. The van der Waals surface area contributed by atoms with Gasteiger partial charge in [0.05, 0.1) is 27.4 Å². The van der Waals surface area contributed by atoms with Crippen LogP contribution in [0.1, 0.15) is 71.6 Å². The maximum atomic E-state index is 9.50. The molecule has 1 aromatic carbocycles. The van der Waals surface area contributed by atoms with Crippen LogP contribution in [0.4, 0.5) is 0 Å². The van der Waals surface area contributed by atoms with E-state index < -0.39 is 0 Å². The third kappa shape index (κ3) is 10.2. The van der Waals surface area contributed by atoms with E-state index in [4.69, 9.17) is 14.2 Å². The summed E-state index contributed by atoms with van der Waals surface area (Å²) in [5.41, 5.74) is 0. The number of aromatic hydroxyl groups is 1. The van der Waals surface area contributed by atoms with Gasteiger partial charge in [-0.05, 0) is 38.5 Å². The van der Waals surface area contributed by atoms with E-state index in [1.165, 1.54) is 66.3 Å². The van der Waals surface area contributed by atoms with Crippen molar-refractivity contribution in [3.05, 3.63) is 12.1 Å². The summed E-state index contributed by atoms with van der Waals surface area (Å²) < 4.78 is 14.8. The summed E-state index contributed by atoms with van der Waals surface area (Å²) >= 11 is 0. The number of ether oxygens (including phenoxy) is 3. The Morgan fingerprint density at radius 2 is 1.23 bits per heavy atom. The van der Waals surface area contributed by atoms with Gasteiger partial charge >= 0.3 is 0 Å².